The summed E-state index contributed by atoms with van der Waals surface area (Å²) < 4.78 is 6.26. The molecule has 20 heavy (non-hydrogen) atoms. The zero-order chi connectivity index (χ0) is 15.9. The van der Waals surface area contributed by atoms with E-state index in [9.17, 15) is 9.59 Å². The average Bonchev–Trinajstić information content (AvgIpc) is 2.21. The number of amides is 1. The topological polar surface area (TPSA) is 55.4 Å². The van der Waals surface area contributed by atoms with E-state index in [2.05, 4.69) is 39.2 Å². The van der Waals surface area contributed by atoms with Gasteiger partial charge in [-0.05, 0) is 36.7 Å². The van der Waals surface area contributed by atoms with Crippen LogP contribution in [0.2, 0.25) is 18.1 Å². The maximum absolute atomic E-state index is 11.8. The molecule has 1 heterocycles. The van der Waals surface area contributed by atoms with Crippen LogP contribution < -0.4 is 5.32 Å². The van der Waals surface area contributed by atoms with Gasteiger partial charge in [0, 0.05) is 0 Å². The molecule has 4 nitrogen and oxygen atoms in total. The summed E-state index contributed by atoms with van der Waals surface area (Å²) in [6.07, 6.45) is -0.201. The summed E-state index contributed by atoms with van der Waals surface area (Å²) in [5.74, 6) is -0.724. The third kappa shape index (κ3) is 3.43. The number of carbonyl (C=O) groups is 2. The lowest BCUT2D eigenvalue weighted by molar-refractivity contribution is -0.143. The van der Waals surface area contributed by atoms with E-state index in [1.165, 1.54) is 0 Å². The third-order valence-corrected chi connectivity index (χ3v) is 9.61. The summed E-state index contributed by atoms with van der Waals surface area (Å²) in [7, 11) is -1.93. The van der Waals surface area contributed by atoms with E-state index >= 15 is 0 Å². The van der Waals surface area contributed by atoms with E-state index in [4.69, 9.17) is 16.0 Å². The standard InChI is InChI=1S/C14H26ClNO3Si/c1-8(12(15)17)11-10(13(18)16-11)9(2)19-20(6,7)14(3,4)5/h8-11H,1-7H3,(H,16,18)/t8-,9-,10-,11-/m1/s1. The number of hydrogen-bond acceptors (Lipinski definition) is 3. The molecule has 0 aromatic carbocycles. The number of hydrogen-bond donors (Lipinski definition) is 1. The van der Waals surface area contributed by atoms with Crippen LogP contribution in [-0.4, -0.2) is 31.6 Å². The van der Waals surface area contributed by atoms with Crippen molar-refractivity contribution in [3.05, 3.63) is 0 Å². The maximum atomic E-state index is 11.8. The molecule has 116 valence electrons. The second-order valence-electron chi connectivity index (χ2n) is 7.24. The van der Waals surface area contributed by atoms with Gasteiger partial charge in [-0.3, -0.25) is 9.59 Å². The monoisotopic (exact) mass is 319 g/mol. The molecule has 1 aliphatic rings. The summed E-state index contributed by atoms with van der Waals surface area (Å²) >= 11 is 5.54. The van der Waals surface area contributed by atoms with Crippen LogP contribution in [-0.2, 0) is 14.0 Å². The second-order valence-corrected chi connectivity index (χ2v) is 12.4. The molecule has 1 rings (SSSR count). The maximum Gasteiger partial charge on any atom is 0.228 e. The molecule has 0 unspecified atom stereocenters. The van der Waals surface area contributed by atoms with Crippen LogP contribution in [0.5, 0.6) is 0 Å². The van der Waals surface area contributed by atoms with Gasteiger partial charge in [0.15, 0.2) is 8.32 Å². The first-order valence-electron chi connectivity index (χ1n) is 7.06. The molecular formula is C14H26ClNO3Si. The highest BCUT2D eigenvalue weighted by Crippen LogP contribution is 2.39. The number of carbonyl (C=O) groups excluding carboxylic acids is 2. The van der Waals surface area contributed by atoms with E-state index in [1.54, 1.807) is 6.92 Å². The minimum Gasteiger partial charge on any atom is -0.413 e. The van der Waals surface area contributed by atoms with Crippen LogP contribution in [0, 0.1) is 11.8 Å². The van der Waals surface area contributed by atoms with E-state index in [0.29, 0.717) is 0 Å². The lowest BCUT2D eigenvalue weighted by Gasteiger charge is -2.46. The molecule has 0 radical (unpaired) electrons. The quantitative estimate of drug-likeness (QED) is 0.481. The van der Waals surface area contributed by atoms with Gasteiger partial charge in [0.1, 0.15) is 0 Å². The fourth-order valence-corrected chi connectivity index (χ4v) is 3.78. The van der Waals surface area contributed by atoms with Crippen LogP contribution in [0.1, 0.15) is 34.6 Å². The predicted octanol–water partition coefficient (Wildman–Crippen LogP) is 2.91. The van der Waals surface area contributed by atoms with Gasteiger partial charge in [0.25, 0.3) is 0 Å². The molecule has 1 amide bonds. The first-order chi connectivity index (χ1) is 8.88. The van der Waals surface area contributed by atoms with Crippen molar-refractivity contribution < 1.29 is 14.0 Å². The molecule has 1 saturated heterocycles. The van der Waals surface area contributed by atoms with Gasteiger partial charge in [-0.1, -0.05) is 27.7 Å². The third-order valence-electron chi connectivity index (χ3n) is 4.69. The lowest BCUT2D eigenvalue weighted by atomic mass is 9.79. The fourth-order valence-electron chi connectivity index (χ4n) is 2.21. The molecular weight excluding hydrogens is 294 g/mol. The Hall–Kier alpha value is -0.393. The van der Waals surface area contributed by atoms with Crippen molar-refractivity contribution in [2.45, 2.75) is 64.9 Å². The summed E-state index contributed by atoms with van der Waals surface area (Å²) in [6.45, 7) is 14.5. The van der Waals surface area contributed by atoms with Gasteiger partial charge in [-0.2, -0.15) is 0 Å². The molecule has 1 aliphatic heterocycles. The Morgan fingerprint density at radius 2 is 1.85 bits per heavy atom. The van der Waals surface area contributed by atoms with E-state index in [-0.39, 0.29) is 34.9 Å². The van der Waals surface area contributed by atoms with Crippen molar-refractivity contribution in [3.8, 4) is 0 Å². The number of rotatable bonds is 5. The van der Waals surface area contributed by atoms with Crippen molar-refractivity contribution >= 4 is 31.1 Å². The van der Waals surface area contributed by atoms with Crippen molar-refractivity contribution in [2.24, 2.45) is 11.8 Å². The van der Waals surface area contributed by atoms with Crippen LogP contribution in [0.3, 0.4) is 0 Å². The van der Waals surface area contributed by atoms with Crippen molar-refractivity contribution in [2.75, 3.05) is 0 Å². The summed E-state index contributed by atoms with van der Waals surface area (Å²) in [6, 6.07) is -0.215. The molecule has 4 atom stereocenters. The van der Waals surface area contributed by atoms with Gasteiger partial charge >= 0.3 is 0 Å². The van der Waals surface area contributed by atoms with Crippen molar-refractivity contribution in [1.82, 2.24) is 5.32 Å². The van der Waals surface area contributed by atoms with Crippen LogP contribution in [0.15, 0.2) is 0 Å². The summed E-state index contributed by atoms with van der Waals surface area (Å²) in [5.41, 5.74) is 0. The minimum atomic E-state index is -1.93. The Bertz CT molecular complexity index is 406. The molecule has 6 heteroatoms. The van der Waals surface area contributed by atoms with Gasteiger partial charge in [0.05, 0.1) is 24.0 Å². The minimum absolute atomic E-state index is 0.0500. The van der Waals surface area contributed by atoms with Crippen LogP contribution in [0.4, 0.5) is 0 Å². The van der Waals surface area contributed by atoms with Gasteiger partial charge in [-0.15, -0.1) is 0 Å². The first-order valence-corrected chi connectivity index (χ1v) is 10.3. The normalized spacial score (nSPS) is 26.5. The van der Waals surface area contributed by atoms with E-state index < -0.39 is 13.6 Å². The largest absolute Gasteiger partial charge is 0.413 e. The molecule has 1 fully saturated rings. The Kier molecular flexibility index (Phi) is 5.10. The average molecular weight is 320 g/mol. The molecule has 1 N–H and O–H groups in total. The number of halogens is 1. The number of β-lactam (4-membered cyclic amide) rings is 1. The second kappa shape index (κ2) is 5.77. The molecule has 0 aromatic rings. The molecule has 0 saturated carbocycles. The highest BCUT2D eigenvalue weighted by atomic mass is 35.5. The smallest absolute Gasteiger partial charge is 0.228 e. The van der Waals surface area contributed by atoms with Gasteiger partial charge < -0.3 is 9.74 Å². The highest BCUT2D eigenvalue weighted by molar-refractivity contribution is 6.74. The predicted molar refractivity (Wildman–Crippen MR) is 83.2 cm³/mol. The number of nitrogens with one attached hydrogen (secondary N) is 1. The Balaban J connectivity index is 2.78. The fraction of sp³-hybridized carbons (Fsp3) is 0.857. The molecule has 0 bridgehead atoms. The zero-order valence-corrected chi connectivity index (χ0v) is 15.2. The molecule has 0 aliphatic carbocycles. The summed E-state index contributed by atoms with van der Waals surface area (Å²) in [4.78, 5) is 23.1. The van der Waals surface area contributed by atoms with E-state index in [1.807, 2.05) is 6.92 Å². The van der Waals surface area contributed by atoms with Crippen LogP contribution in [0.25, 0.3) is 0 Å². The lowest BCUT2D eigenvalue weighted by Crippen LogP contribution is -2.66. The zero-order valence-electron chi connectivity index (χ0n) is 13.4. The Labute approximate surface area is 127 Å². The van der Waals surface area contributed by atoms with Crippen LogP contribution >= 0.6 is 11.6 Å². The van der Waals surface area contributed by atoms with Crippen molar-refractivity contribution in [1.29, 1.82) is 0 Å². The Morgan fingerprint density at radius 3 is 2.20 bits per heavy atom. The SMILES string of the molecule is C[C@@H](O[Si](C)(C)C(C)(C)C)[C@H]1C(=O)N[C@@H]1[C@@H](C)C(=O)Cl. The molecule has 0 spiro atoms. The van der Waals surface area contributed by atoms with Gasteiger partial charge in [-0.25, -0.2) is 0 Å². The van der Waals surface area contributed by atoms with Gasteiger partial charge in [0.2, 0.25) is 11.1 Å². The first kappa shape index (κ1) is 17.7. The summed E-state index contributed by atoms with van der Waals surface area (Å²) in [5, 5.41) is 2.44. The highest BCUT2D eigenvalue weighted by Gasteiger charge is 2.50. The Morgan fingerprint density at radius 1 is 1.35 bits per heavy atom. The van der Waals surface area contributed by atoms with Crippen molar-refractivity contribution in [3.63, 3.8) is 0 Å². The molecule has 0 aromatic heterocycles. The van der Waals surface area contributed by atoms with E-state index in [0.717, 1.165) is 0 Å².